The number of amides is 2. The topological polar surface area (TPSA) is 162 Å². The summed E-state index contributed by atoms with van der Waals surface area (Å²) >= 11 is 1.12. The molecular weight excluding hydrogens is 502 g/mol. The third-order valence-electron chi connectivity index (χ3n) is 5.28. The van der Waals surface area contributed by atoms with E-state index >= 15 is 0 Å². The van der Waals surface area contributed by atoms with E-state index in [9.17, 15) is 32.9 Å². The van der Waals surface area contributed by atoms with E-state index in [1.165, 1.54) is 49.2 Å². The minimum Gasteiger partial charge on any atom is -0.456 e. The zero-order valence-corrected chi connectivity index (χ0v) is 20.6. The lowest BCUT2D eigenvalue weighted by Crippen LogP contribution is -2.62. The summed E-state index contributed by atoms with van der Waals surface area (Å²) in [6, 6.07) is 5.00. The van der Waals surface area contributed by atoms with Crippen LogP contribution in [0.15, 0.2) is 46.5 Å². The number of non-ortho nitro benzene ring substituents is 1. The van der Waals surface area contributed by atoms with E-state index < -0.39 is 45.0 Å². The number of nitrogens with one attached hydrogen (secondary N) is 1. The van der Waals surface area contributed by atoms with E-state index in [-0.39, 0.29) is 30.3 Å². The summed E-state index contributed by atoms with van der Waals surface area (Å²) in [6.07, 6.45) is 1.64. The van der Waals surface area contributed by atoms with Crippen LogP contribution in [0.2, 0.25) is 0 Å². The summed E-state index contributed by atoms with van der Waals surface area (Å²) in [5, 5.41) is 14.8. The van der Waals surface area contributed by atoms with E-state index in [1.54, 1.807) is 5.41 Å². The van der Waals surface area contributed by atoms with Gasteiger partial charge in [0.2, 0.25) is 11.8 Å². The molecule has 1 aromatic carbocycles. The Kier molecular flexibility index (Phi) is 7.97. The minimum atomic E-state index is -3.79. The summed E-state index contributed by atoms with van der Waals surface area (Å²) in [7, 11) is -3.79. The molecule has 2 aliphatic rings. The van der Waals surface area contributed by atoms with Crippen LogP contribution in [0.3, 0.4) is 0 Å². The van der Waals surface area contributed by atoms with Crippen molar-refractivity contribution in [2.75, 3.05) is 6.26 Å². The second-order valence-electron chi connectivity index (χ2n) is 7.90. The molecule has 35 heavy (non-hydrogen) atoms. The van der Waals surface area contributed by atoms with Gasteiger partial charge in [-0.05, 0) is 30.0 Å². The molecule has 3 rings (SSSR count). The second kappa shape index (κ2) is 10.6. The molecule has 2 heterocycles. The van der Waals surface area contributed by atoms with E-state index in [1.807, 2.05) is 0 Å². The molecule has 12 nitrogen and oxygen atoms in total. The number of fused-ring (bicyclic) bond motifs is 1. The van der Waals surface area contributed by atoms with Crippen LogP contribution in [0.5, 0.6) is 0 Å². The third kappa shape index (κ3) is 6.26. The van der Waals surface area contributed by atoms with Gasteiger partial charge in [-0.15, -0.1) is 0 Å². The Hall–Kier alpha value is -3.23. The van der Waals surface area contributed by atoms with Crippen molar-refractivity contribution in [3.8, 4) is 0 Å². The van der Waals surface area contributed by atoms with Gasteiger partial charge in [-0.1, -0.05) is 11.8 Å². The molecule has 3 atom stereocenters. The van der Waals surface area contributed by atoms with E-state index in [0.29, 0.717) is 10.5 Å². The number of ether oxygens (including phenoxy) is 1. The Balaban J connectivity index is 1.77. The smallest absolute Gasteiger partial charge is 0.356 e. The summed E-state index contributed by atoms with van der Waals surface area (Å²) in [4.78, 5) is 49.0. The number of esters is 1. The molecule has 1 saturated heterocycles. The molecule has 0 saturated carbocycles. The maximum atomic E-state index is 13.0. The zero-order chi connectivity index (χ0) is 25.9. The molecule has 0 radical (unpaired) electrons. The molecule has 1 N–H and O–H groups in total. The highest BCUT2D eigenvalue weighted by Crippen LogP contribution is 2.48. The molecule has 2 aliphatic heterocycles. The van der Waals surface area contributed by atoms with Crippen molar-refractivity contribution in [3.05, 3.63) is 62.2 Å². The average Bonchev–Trinajstić information content (AvgIpc) is 3.08. The second-order valence-corrected chi connectivity index (χ2v) is 10.5. The van der Waals surface area contributed by atoms with Crippen LogP contribution < -0.4 is 5.32 Å². The van der Waals surface area contributed by atoms with Crippen molar-refractivity contribution in [2.24, 2.45) is 5.92 Å². The summed E-state index contributed by atoms with van der Waals surface area (Å²) in [6.45, 7) is 2.64. The number of carbonyl (C=O) groups excluding carboxylic acids is 3. The zero-order valence-electron chi connectivity index (χ0n) is 19.0. The molecule has 14 heteroatoms. The van der Waals surface area contributed by atoms with Crippen LogP contribution in [-0.2, 0) is 40.0 Å². The molecule has 0 aromatic heterocycles. The maximum absolute atomic E-state index is 13.0. The molecular formula is C21H23N3O9S2. The van der Waals surface area contributed by atoms with E-state index in [2.05, 4.69) is 5.32 Å². The van der Waals surface area contributed by atoms with Gasteiger partial charge in [0, 0.05) is 36.6 Å². The van der Waals surface area contributed by atoms with E-state index in [4.69, 9.17) is 8.92 Å². The van der Waals surface area contributed by atoms with E-state index in [0.717, 1.165) is 18.0 Å². The van der Waals surface area contributed by atoms with Crippen LogP contribution in [0.25, 0.3) is 0 Å². The highest BCUT2D eigenvalue weighted by molar-refractivity contribution is 8.05. The van der Waals surface area contributed by atoms with Crippen LogP contribution in [-0.4, -0.2) is 54.4 Å². The van der Waals surface area contributed by atoms with Gasteiger partial charge in [-0.2, -0.15) is 8.42 Å². The number of hydrogen-bond donors (Lipinski definition) is 1. The SMILES string of the molecule is CC(=O)N/C=C/SC1=C(C(=O)OCc2ccc([N+](=O)[O-])cc2)N2C(=O)[C@H]([C@H](C)OS(C)(=O)=O)[C@H]2C1. The first-order valence-electron chi connectivity index (χ1n) is 10.3. The van der Waals surface area contributed by atoms with Crippen molar-refractivity contribution in [2.45, 2.75) is 39.0 Å². The quantitative estimate of drug-likeness (QED) is 0.157. The number of carbonyl (C=O) groups is 3. The molecule has 2 amide bonds. The number of nitro benzene ring substituents is 1. The van der Waals surface area contributed by atoms with Gasteiger partial charge in [0.05, 0.1) is 29.2 Å². The maximum Gasteiger partial charge on any atom is 0.356 e. The first kappa shape index (κ1) is 26.4. The van der Waals surface area contributed by atoms with Crippen molar-refractivity contribution in [1.82, 2.24) is 10.2 Å². The van der Waals surface area contributed by atoms with Gasteiger partial charge in [-0.3, -0.25) is 23.9 Å². The van der Waals surface area contributed by atoms with Gasteiger partial charge in [0.1, 0.15) is 12.3 Å². The third-order valence-corrected chi connectivity index (χ3v) is 6.85. The van der Waals surface area contributed by atoms with Crippen LogP contribution in [0, 0.1) is 16.0 Å². The van der Waals surface area contributed by atoms with Gasteiger partial charge in [0.15, 0.2) is 0 Å². The molecule has 0 aliphatic carbocycles. The van der Waals surface area contributed by atoms with Crippen LogP contribution >= 0.6 is 11.8 Å². The van der Waals surface area contributed by atoms with Crippen molar-refractivity contribution in [3.63, 3.8) is 0 Å². The average molecular weight is 526 g/mol. The van der Waals surface area contributed by atoms with Gasteiger partial charge >= 0.3 is 5.97 Å². The standard InChI is InChI=1S/C21H23N3O9S2/c1-12(33-35(3,30)31)18-16-10-17(34-9-8-22-13(2)25)19(23(16)20(18)26)21(27)32-11-14-4-6-15(7-5-14)24(28)29/h4-9,12,16,18H,10-11H2,1-3H3,(H,22,25)/b9-8+/t12-,16+,18+/m0/s1. The lowest BCUT2D eigenvalue weighted by molar-refractivity contribution is -0.384. The highest BCUT2D eigenvalue weighted by atomic mass is 32.2. The van der Waals surface area contributed by atoms with Crippen molar-refractivity contribution >= 4 is 45.4 Å². The van der Waals surface area contributed by atoms with Crippen LogP contribution in [0.1, 0.15) is 25.8 Å². The van der Waals surface area contributed by atoms with Gasteiger partial charge in [0.25, 0.3) is 15.8 Å². The Labute approximate surface area is 205 Å². The number of nitro groups is 1. The van der Waals surface area contributed by atoms with Gasteiger partial charge in [-0.25, -0.2) is 4.79 Å². The Morgan fingerprint density at radius 2 is 2.00 bits per heavy atom. The van der Waals surface area contributed by atoms with Crippen molar-refractivity contribution in [1.29, 1.82) is 0 Å². The molecule has 0 unspecified atom stereocenters. The first-order chi connectivity index (χ1) is 16.4. The lowest BCUT2D eigenvalue weighted by Gasteiger charge is -2.45. The summed E-state index contributed by atoms with van der Waals surface area (Å²) in [5.41, 5.74) is 0.442. The number of hydrogen-bond acceptors (Lipinski definition) is 10. The predicted octanol–water partition coefficient (Wildman–Crippen LogP) is 1.79. The largest absolute Gasteiger partial charge is 0.456 e. The molecule has 0 bridgehead atoms. The number of nitrogens with zero attached hydrogens (tertiary/aromatic N) is 2. The first-order valence-corrected chi connectivity index (χ1v) is 13.0. The Morgan fingerprint density at radius 1 is 1.34 bits per heavy atom. The fourth-order valence-corrected chi connectivity index (χ4v) is 5.38. The summed E-state index contributed by atoms with van der Waals surface area (Å²) in [5.74, 6) is -2.28. The molecule has 188 valence electrons. The number of thioether (sulfide) groups is 1. The lowest BCUT2D eigenvalue weighted by atomic mass is 9.83. The number of rotatable bonds is 10. The van der Waals surface area contributed by atoms with Gasteiger partial charge < -0.3 is 15.0 Å². The van der Waals surface area contributed by atoms with Crippen LogP contribution in [0.4, 0.5) is 5.69 Å². The normalized spacial score (nSPS) is 20.4. The Morgan fingerprint density at radius 3 is 2.57 bits per heavy atom. The highest BCUT2D eigenvalue weighted by Gasteiger charge is 2.58. The predicted molar refractivity (Wildman–Crippen MR) is 125 cm³/mol. The molecule has 1 fully saturated rings. The minimum absolute atomic E-state index is 0.0298. The Bertz CT molecular complexity index is 1210. The monoisotopic (exact) mass is 525 g/mol. The fraction of sp³-hybridized carbons (Fsp3) is 0.381. The number of benzene rings is 1. The summed E-state index contributed by atoms with van der Waals surface area (Å²) < 4.78 is 33.4. The molecule has 0 spiro atoms. The molecule has 1 aromatic rings. The van der Waals surface area contributed by atoms with Crippen molar-refractivity contribution < 1.29 is 36.6 Å². The fourth-order valence-electron chi connectivity index (χ4n) is 3.85. The number of β-lactam (4-membered cyclic amide) rings is 1.